The van der Waals surface area contributed by atoms with E-state index in [-0.39, 0.29) is 22.9 Å². The van der Waals surface area contributed by atoms with E-state index >= 15 is 0 Å². The molecule has 3 aromatic rings. The topological polar surface area (TPSA) is 119 Å². The van der Waals surface area contributed by atoms with Gasteiger partial charge < -0.3 is 10.6 Å². The van der Waals surface area contributed by atoms with Gasteiger partial charge in [-0.2, -0.15) is 4.98 Å². The lowest BCUT2D eigenvalue weighted by Gasteiger charge is -2.19. The predicted molar refractivity (Wildman–Crippen MR) is 113 cm³/mol. The molecule has 0 spiro atoms. The first-order valence-electron chi connectivity index (χ1n) is 9.85. The Labute approximate surface area is 172 Å². The second-order valence-corrected chi connectivity index (χ2v) is 7.42. The quantitative estimate of drug-likeness (QED) is 0.477. The van der Waals surface area contributed by atoms with Crippen molar-refractivity contribution in [1.29, 1.82) is 0 Å². The summed E-state index contributed by atoms with van der Waals surface area (Å²) in [6.45, 7) is 3.18. The van der Waals surface area contributed by atoms with Crippen LogP contribution in [0.2, 0.25) is 0 Å². The monoisotopic (exact) mass is 406 g/mol. The summed E-state index contributed by atoms with van der Waals surface area (Å²) in [4.78, 5) is 49.1. The number of rotatable bonds is 6. The van der Waals surface area contributed by atoms with Gasteiger partial charge in [0.1, 0.15) is 11.5 Å². The van der Waals surface area contributed by atoms with Crippen LogP contribution in [0.3, 0.4) is 0 Å². The molecule has 154 valence electrons. The number of hydrogen-bond acceptors (Lipinski definition) is 7. The molecule has 1 saturated carbocycles. The molecule has 9 heteroatoms. The molecule has 9 nitrogen and oxygen atoms in total. The highest BCUT2D eigenvalue weighted by atomic mass is 16.1. The highest BCUT2D eigenvalue weighted by molar-refractivity contribution is 5.99. The first-order valence-corrected chi connectivity index (χ1v) is 9.85. The third-order valence-electron chi connectivity index (χ3n) is 5.48. The molecule has 1 aliphatic carbocycles. The molecule has 3 heterocycles. The van der Waals surface area contributed by atoms with Crippen LogP contribution in [0.5, 0.6) is 0 Å². The van der Waals surface area contributed by atoms with Gasteiger partial charge in [0.05, 0.1) is 17.4 Å². The molecule has 0 aliphatic heterocycles. The van der Waals surface area contributed by atoms with Gasteiger partial charge in [-0.15, -0.1) is 0 Å². The number of aromatic nitrogens is 4. The lowest BCUT2D eigenvalue weighted by Crippen LogP contribution is -2.30. The second-order valence-electron chi connectivity index (χ2n) is 7.42. The number of aryl methyl sites for hydroxylation is 1. The first kappa shape index (κ1) is 19.7. The van der Waals surface area contributed by atoms with Crippen molar-refractivity contribution in [3.8, 4) is 0 Å². The molecule has 0 saturated heterocycles. The molecule has 4 rings (SSSR count). The summed E-state index contributed by atoms with van der Waals surface area (Å²) >= 11 is 0. The minimum Gasteiger partial charge on any atom is -0.327 e. The smallest absolute Gasteiger partial charge is 0.263 e. The summed E-state index contributed by atoms with van der Waals surface area (Å²) in [6, 6.07) is 3.41. The number of hydrogen-bond donors (Lipinski definition) is 2. The van der Waals surface area contributed by atoms with Crippen molar-refractivity contribution in [2.45, 2.75) is 45.6 Å². The maximum absolute atomic E-state index is 13.2. The van der Waals surface area contributed by atoms with Gasteiger partial charge in [0.2, 0.25) is 12.4 Å². The molecule has 0 radical (unpaired) electrons. The third-order valence-corrected chi connectivity index (χ3v) is 5.48. The Kier molecular flexibility index (Phi) is 5.26. The van der Waals surface area contributed by atoms with Crippen molar-refractivity contribution in [2.75, 3.05) is 10.6 Å². The molecule has 3 aromatic heterocycles. The predicted octanol–water partition coefficient (Wildman–Crippen LogP) is 3.12. The normalized spacial score (nSPS) is 14.1. The van der Waals surface area contributed by atoms with Crippen molar-refractivity contribution < 1.29 is 9.59 Å². The minimum atomic E-state index is -0.286. The standard InChI is InChI=1S/C21H22N6O3/c1-12-16-10-23-21(25-17-8-7-14(9-22-17)24-11-28)26-19(16)27(15-5-3-4-6-15)20(30)18(12)13(2)29/h7-11,15H,3-6H2,1-2H3,(H,24,28)(H,22,23,25,26). The van der Waals surface area contributed by atoms with Gasteiger partial charge in [-0.1, -0.05) is 12.8 Å². The molecular weight excluding hydrogens is 384 g/mol. The van der Waals surface area contributed by atoms with Crippen LogP contribution in [0.4, 0.5) is 17.5 Å². The summed E-state index contributed by atoms with van der Waals surface area (Å²) < 4.78 is 1.67. The fourth-order valence-electron chi connectivity index (χ4n) is 4.04. The van der Waals surface area contributed by atoms with Gasteiger partial charge in [-0.05, 0) is 44.4 Å². The fraction of sp³-hybridized carbons (Fsp3) is 0.333. The Morgan fingerprint density at radius 3 is 2.60 bits per heavy atom. The van der Waals surface area contributed by atoms with Crippen LogP contribution in [-0.2, 0) is 4.79 Å². The minimum absolute atomic E-state index is 0.0216. The number of pyridine rings is 2. The van der Waals surface area contributed by atoms with Crippen molar-refractivity contribution in [1.82, 2.24) is 19.5 Å². The number of nitrogens with zero attached hydrogens (tertiary/aromatic N) is 4. The van der Waals surface area contributed by atoms with E-state index < -0.39 is 0 Å². The van der Waals surface area contributed by atoms with E-state index in [9.17, 15) is 14.4 Å². The summed E-state index contributed by atoms with van der Waals surface area (Å²) in [5.41, 5.74) is 1.61. The summed E-state index contributed by atoms with van der Waals surface area (Å²) in [5.74, 6) is 0.548. The Morgan fingerprint density at radius 1 is 1.20 bits per heavy atom. The molecule has 0 aromatic carbocycles. The second kappa shape index (κ2) is 8.02. The van der Waals surface area contributed by atoms with Crippen LogP contribution in [0.25, 0.3) is 11.0 Å². The molecule has 0 atom stereocenters. The van der Waals surface area contributed by atoms with Gasteiger partial charge in [-0.3, -0.25) is 19.0 Å². The fourth-order valence-corrected chi connectivity index (χ4v) is 4.04. The van der Waals surface area contributed by atoms with Crippen molar-refractivity contribution in [2.24, 2.45) is 0 Å². The Bertz CT molecular complexity index is 1180. The lowest BCUT2D eigenvalue weighted by atomic mass is 10.0. The number of carbonyl (C=O) groups is 2. The SMILES string of the molecule is CC(=O)c1c(C)c2cnc(Nc3ccc(NC=O)cn3)nc2n(C2CCCC2)c1=O. The Balaban J connectivity index is 1.81. The number of anilines is 3. The van der Waals surface area contributed by atoms with Crippen molar-refractivity contribution in [3.63, 3.8) is 0 Å². The molecular formula is C21H22N6O3. The van der Waals surface area contributed by atoms with Crippen molar-refractivity contribution >= 4 is 40.7 Å². The number of nitrogens with one attached hydrogen (secondary N) is 2. The maximum atomic E-state index is 13.2. The van der Waals surface area contributed by atoms with Gasteiger partial charge >= 0.3 is 0 Å². The average Bonchev–Trinajstić information content (AvgIpc) is 3.24. The van der Waals surface area contributed by atoms with E-state index in [1.54, 1.807) is 29.8 Å². The van der Waals surface area contributed by atoms with Gasteiger partial charge in [0, 0.05) is 17.6 Å². The van der Waals surface area contributed by atoms with E-state index in [1.165, 1.54) is 13.1 Å². The lowest BCUT2D eigenvalue weighted by molar-refractivity contribution is -0.105. The van der Waals surface area contributed by atoms with Crippen LogP contribution < -0.4 is 16.2 Å². The van der Waals surface area contributed by atoms with Crippen LogP contribution in [0.15, 0.2) is 29.3 Å². The molecule has 0 unspecified atom stereocenters. The maximum Gasteiger partial charge on any atom is 0.263 e. The number of ketones is 1. The zero-order chi connectivity index (χ0) is 21.3. The molecule has 1 amide bonds. The number of carbonyl (C=O) groups excluding carboxylic acids is 2. The van der Waals surface area contributed by atoms with Crippen molar-refractivity contribution in [3.05, 3.63) is 46.0 Å². The molecule has 0 bridgehead atoms. The van der Waals surface area contributed by atoms with Crippen LogP contribution in [-0.4, -0.2) is 31.7 Å². The van der Waals surface area contributed by atoms with Crippen LogP contribution >= 0.6 is 0 Å². The highest BCUT2D eigenvalue weighted by Crippen LogP contribution is 2.32. The van der Waals surface area contributed by atoms with E-state index in [0.29, 0.717) is 40.5 Å². The van der Waals surface area contributed by atoms with Gasteiger partial charge in [-0.25, -0.2) is 9.97 Å². The molecule has 1 fully saturated rings. The molecule has 30 heavy (non-hydrogen) atoms. The molecule has 1 aliphatic rings. The number of Topliss-reactive ketones (excluding diaryl/α,β-unsaturated/α-hetero) is 1. The summed E-state index contributed by atoms with van der Waals surface area (Å²) in [7, 11) is 0. The Hall–Kier alpha value is -3.62. The Morgan fingerprint density at radius 2 is 1.97 bits per heavy atom. The zero-order valence-electron chi connectivity index (χ0n) is 16.8. The largest absolute Gasteiger partial charge is 0.327 e. The zero-order valence-corrected chi connectivity index (χ0v) is 16.8. The van der Waals surface area contributed by atoms with Crippen LogP contribution in [0.1, 0.15) is 54.6 Å². The van der Waals surface area contributed by atoms with E-state index in [4.69, 9.17) is 0 Å². The number of fused-ring (bicyclic) bond motifs is 1. The number of amides is 1. The molecule has 2 N–H and O–H groups in total. The van der Waals surface area contributed by atoms with Gasteiger partial charge in [0.25, 0.3) is 5.56 Å². The van der Waals surface area contributed by atoms with E-state index in [1.807, 2.05) is 0 Å². The first-order chi connectivity index (χ1) is 14.5. The summed E-state index contributed by atoms with van der Waals surface area (Å²) in [5, 5.41) is 6.24. The van der Waals surface area contributed by atoms with Gasteiger partial charge in [0.15, 0.2) is 5.78 Å². The highest BCUT2D eigenvalue weighted by Gasteiger charge is 2.25. The third kappa shape index (κ3) is 3.54. The average molecular weight is 406 g/mol. The summed E-state index contributed by atoms with van der Waals surface area (Å²) in [6.07, 6.45) is 7.59. The van der Waals surface area contributed by atoms with Crippen LogP contribution in [0, 0.1) is 6.92 Å². The van der Waals surface area contributed by atoms with E-state index in [2.05, 4.69) is 25.6 Å². The van der Waals surface area contributed by atoms with E-state index in [0.717, 1.165) is 25.7 Å².